The van der Waals surface area contributed by atoms with Crippen LogP contribution in [-0.2, 0) is 18.0 Å². The molecule has 108 valence electrons. The topological polar surface area (TPSA) is 40.2 Å². The smallest absolute Gasteiger partial charge is 0.374 e. The molecule has 1 unspecified atom stereocenters. The van der Waals surface area contributed by atoms with Crippen LogP contribution in [-0.4, -0.2) is 41.3 Å². The molecule has 1 rings (SSSR count). The van der Waals surface area contributed by atoms with Crippen molar-refractivity contribution in [2.24, 2.45) is 0 Å². The van der Waals surface area contributed by atoms with Crippen molar-refractivity contribution < 1.29 is 18.0 Å². The molecule has 0 spiro atoms. The summed E-state index contributed by atoms with van der Waals surface area (Å²) in [7, 11) is -2.39. The number of rotatable bonds is 12. The van der Waals surface area contributed by atoms with E-state index in [4.69, 9.17) is 18.0 Å². The first kappa shape index (κ1) is 16.1. The van der Waals surface area contributed by atoms with Gasteiger partial charge in [0.25, 0.3) is 0 Å². The molecule has 5 heteroatoms. The Morgan fingerprint density at radius 3 is 1.94 bits per heavy atom. The van der Waals surface area contributed by atoms with Gasteiger partial charge in [0.15, 0.2) is 0 Å². The lowest BCUT2D eigenvalue weighted by Gasteiger charge is -2.28. The van der Waals surface area contributed by atoms with Crippen LogP contribution in [0.15, 0.2) is 0 Å². The first-order valence-corrected chi connectivity index (χ1v) is 9.23. The maximum absolute atomic E-state index is 5.82. The number of hydrogen-bond acceptors (Lipinski definition) is 4. The molecule has 0 aromatic rings. The third-order valence-electron chi connectivity index (χ3n) is 3.00. The summed E-state index contributed by atoms with van der Waals surface area (Å²) >= 11 is 0. The van der Waals surface area contributed by atoms with Crippen LogP contribution in [0.1, 0.15) is 46.5 Å². The van der Waals surface area contributed by atoms with Crippen molar-refractivity contribution in [3.63, 3.8) is 0 Å². The molecule has 0 N–H and O–H groups in total. The second-order valence-electron chi connectivity index (χ2n) is 4.54. The van der Waals surface area contributed by atoms with Crippen molar-refractivity contribution in [1.29, 1.82) is 0 Å². The van der Waals surface area contributed by atoms with E-state index in [1.54, 1.807) is 0 Å². The predicted octanol–water partition coefficient (Wildman–Crippen LogP) is 2.99. The number of ether oxygens (including phenoxy) is 1. The molecule has 1 aliphatic rings. The Balaban J connectivity index is 2.22. The van der Waals surface area contributed by atoms with Crippen LogP contribution in [0.4, 0.5) is 0 Å². The van der Waals surface area contributed by atoms with Gasteiger partial charge < -0.3 is 18.0 Å². The molecule has 0 amide bonds. The van der Waals surface area contributed by atoms with Gasteiger partial charge in [-0.1, -0.05) is 12.8 Å². The molecule has 0 saturated carbocycles. The van der Waals surface area contributed by atoms with Gasteiger partial charge in [0.1, 0.15) is 0 Å². The molecule has 0 aromatic heterocycles. The van der Waals surface area contributed by atoms with Crippen molar-refractivity contribution in [1.82, 2.24) is 0 Å². The summed E-state index contributed by atoms with van der Waals surface area (Å²) in [6.45, 7) is 8.99. The number of epoxide rings is 1. The standard InChI is InChI=1S/C13H28O4Si/c1-4-15-18(16-5-2,17-6-3)11-9-7-8-10-13-12-14-13/h13H,4-12H2,1-3H3. The van der Waals surface area contributed by atoms with E-state index < -0.39 is 8.80 Å². The first-order chi connectivity index (χ1) is 8.76. The van der Waals surface area contributed by atoms with Crippen molar-refractivity contribution >= 4 is 8.80 Å². The Hall–Kier alpha value is 0.0569. The van der Waals surface area contributed by atoms with Crippen LogP contribution in [0, 0.1) is 0 Å². The Kier molecular flexibility index (Phi) is 8.09. The van der Waals surface area contributed by atoms with E-state index in [0.29, 0.717) is 25.9 Å². The average Bonchev–Trinajstić information content (AvgIpc) is 3.14. The van der Waals surface area contributed by atoms with E-state index in [1.807, 2.05) is 20.8 Å². The van der Waals surface area contributed by atoms with Crippen LogP contribution in [0.5, 0.6) is 0 Å². The molecule has 18 heavy (non-hydrogen) atoms. The summed E-state index contributed by atoms with van der Waals surface area (Å²) in [6.07, 6.45) is 5.32. The highest BCUT2D eigenvalue weighted by molar-refractivity contribution is 6.60. The first-order valence-electron chi connectivity index (χ1n) is 7.29. The molecular weight excluding hydrogens is 248 g/mol. The Labute approximate surface area is 112 Å². The average molecular weight is 276 g/mol. The van der Waals surface area contributed by atoms with Gasteiger partial charge in [0.2, 0.25) is 0 Å². The second-order valence-corrected chi connectivity index (χ2v) is 7.27. The molecule has 1 atom stereocenters. The van der Waals surface area contributed by atoms with E-state index in [9.17, 15) is 0 Å². The summed E-state index contributed by atoms with van der Waals surface area (Å²) < 4.78 is 22.7. The Morgan fingerprint density at radius 2 is 1.50 bits per heavy atom. The molecule has 1 fully saturated rings. The zero-order valence-electron chi connectivity index (χ0n) is 12.1. The fourth-order valence-corrected chi connectivity index (χ4v) is 4.81. The maximum Gasteiger partial charge on any atom is 0.500 e. The zero-order chi connectivity index (χ0) is 13.3. The molecular formula is C13H28O4Si. The number of unbranched alkanes of at least 4 members (excludes halogenated alkanes) is 2. The van der Waals surface area contributed by atoms with Crippen molar-refractivity contribution in [3.05, 3.63) is 0 Å². The lowest BCUT2D eigenvalue weighted by Crippen LogP contribution is -2.45. The van der Waals surface area contributed by atoms with Gasteiger partial charge in [-0.15, -0.1) is 0 Å². The monoisotopic (exact) mass is 276 g/mol. The Bertz CT molecular complexity index is 192. The molecule has 0 radical (unpaired) electrons. The molecule has 1 heterocycles. The molecule has 0 aliphatic carbocycles. The summed E-state index contributed by atoms with van der Waals surface area (Å²) in [6, 6.07) is 0.939. The predicted molar refractivity (Wildman–Crippen MR) is 73.6 cm³/mol. The van der Waals surface area contributed by atoms with E-state index in [1.165, 1.54) is 19.3 Å². The third kappa shape index (κ3) is 6.29. The van der Waals surface area contributed by atoms with Gasteiger partial charge in [0.05, 0.1) is 12.7 Å². The molecule has 1 aliphatic heterocycles. The SMILES string of the molecule is CCO[Si](CCCCCC1CO1)(OCC)OCC. The van der Waals surface area contributed by atoms with Crippen molar-refractivity contribution in [2.75, 3.05) is 26.4 Å². The number of hydrogen-bond donors (Lipinski definition) is 0. The molecule has 4 nitrogen and oxygen atoms in total. The maximum atomic E-state index is 5.82. The van der Waals surface area contributed by atoms with Gasteiger partial charge in [-0.05, 0) is 33.6 Å². The zero-order valence-corrected chi connectivity index (χ0v) is 13.1. The van der Waals surface area contributed by atoms with Gasteiger partial charge in [0, 0.05) is 25.9 Å². The minimum Gasteiger partial charge on any atom is -0.374 e. The minimum atomic E-state index is -2.39. The van der Waals surface area contributed by atoms with Crippen LogP contribution >= 0.6 is 0 Å². The molecule has 1 saturated heterocycles. The van der Waals surface area contributed by atoms with Crippen LogP contribution in [0.2, 0.25) is 6.04 Å². The lowest BCUT2D eigenvalue weighted by molar-refractivity contribution is 0.0706. The summed E-state index contributed by atoms with van der Waals surface area (Å²) in [5.74, 6) is 0. The van der Waals surface area contributed by atoms with Gasteiger partial charge >= 0.3 is 8.80 Å². The fraction of sp³-hybridized carbons (Fsp3) is 1.00. The highest BCUT2D eigenvalue weighted by Gasteiger charge is 2.39. The molecule has 0 bridgehead atoms. The van der Waals surface area contributed by atoms with E-state index in [2.05, 4.69) is 0 Å². The highest BCUT2D eigenvalue weighted by Crippen LogP contribution is 2.22. The summed E-state index contributed by atoms with van der Waals surface area (Å²) in [5.41, 5.74) is 0. The fourth-order valence-electron chi connectivity index (χ4n) is 2.13. The van der Waals surface area contributed by atoms with E-state index in [0.717, 1.165) is 19.1 Å². The van der Waals surface area contributed by atoms with Crippen molar-refractivity contribution in [2.45, 2.75) is 58.6 Å². The summed E-state index contributed by atoms with van der Waals surface area (Å²) in [4.78, 5) is 0. The normalized spacial score (nSPS) is 19.2. The second kappa shape index (κ2) is 9.04. The van der Waals surface area contributed by atoms with Crippen LogP contribution in [0.3, 0.4) is 0 Å². The Morgan fingerprint density at radius 1 is 0.944 bits per heavy atom. The van der Waals surface area contributed by atoms with E-state index >= 15 is 0 Å². The largest absolute Gasteiger partial charge is 0.500 e. The van der Waals surface area contributed by atoms with Gasteiger partial charge in [-0.25, -0.2) is 0 Å². The van der Waals surface area contributed by atoms with Crippen LogP contribution < -0.4 is 0 Å². The van der Waals surface area contributed by atoms with Gasteiger partial charge in [-0.2, -0.15) is 0 Å². The third-order valence-corrected chi connectivity index (χ3v) is 6.16. The summed E-state index contributed by atoms with van der Waals surface area (Å²) in [5, 5.41) is 0. The highest BCUT2D eigenvalue weighted by atomic mass is 28.4. The molecule has 0 aromatic carbocycles. The van der Waals surface area contributed by atoms with E-state index in [-0.39, 0.29) is 0 Å². The van der Waals surface area contributed by atoms with Gasteiger partial charge in [-0.3, -0.25) is 0 Å². The van der Waals surface area contributed by atoms with Crippen LogP contribution in [0.25, 0.3) is 0 Å². The lowest BCUT2D eigenvalue weighted by atomic mass is 10.2. The van der Waals surface area contributed by atoms with Crippen molar-refractivity contribution in [3.8, 4) is 0 Å². The quantitative estimate of drug-likeness (QED) is 0.312. The minimum absolute atomic E-state index is 0.553.